The summed E-state index contributed by atoms with van der Waals surface area (Å²) in [6, 6.07) is 4.66. The zero-order chi connectivity index (χ0) is 22.2. The maximum atomic E-state index is 13.3. The lowest BCUT2D eigenvalue weighted by Gasteiger charge is -2.32. The standard InChI is InChI=1S/C21H19F4N3O3/c22-2-5-31-16-7-13(6-15(9-16)21(23,24)25)14-8-18-17(26-11-14)10-19(29)28(18)12-20(30)27-3-1-4-27/h6-9,11H,1-5,10,12H2. The number of pyridine rings is 1. The van der Waals surface area contributed by atoms with E-state index in [-0.39, 0.29) is 42.7 Å². The van der Waals surface area contributed by atoms with E-state index in [0.29, 0.717) is 30.0 Å². The summed E-state index contributed by atoms with van der Waals surface area (Å²) < 4.78 is 57.5. The minimum atomic E-state index is -4.63. The number of hydrogen-bond acceptors (Lipinski definition) is 4. The average molecular weight is 437 g/mol. The quantitative estimate of drug-likeness (QED) is 0.651. The molecule has 6 nitrogen and oxygen atoms in total. The Morgan fingerprint density at radius 1 is 1.13 bits per heavy atom. The number of anilines is 1. The predicted molar refractivity (Wildman–Crippen MR) is 103 cm³/mol. The summed E-state index contributed by atoms with van der Waals surface area (Å²) in [6.45, 7) is -0.0433. The minimum Gasteiger partial charge on any atom is -0.491 e. The summed E-state index contributed by atoms with van der Waals surface area (Å²) in [5.74, 6) is -0.591. The van der Waals surface area contributed by atoms with Gasteiger partial charge in [0, 0.05) is 24.8 Å². The van der Waals surface area contributed by atoms with Gasteiger partial charge in [-0.05, 0) is 36.2 Å². The van der Waals surface area contributed by atoms with Crippen LogP contribution in [0.5, 0.6) is 5.75 Å². The number of hydrogen-bond donors (Lipinski definition) is 0. The molecule has 0 N–H and O–H groups in total. The number of benzene rings is 1. The first-order valence-electron chi connectivity index (χ1n) is 9.75. The lowest BCUT2D eigenvalue weighted by Crippen LogP contribution is -2.47. The molecule has 10 heteroatoms. The Kier molecular flexibility index (Phi) is 5.55. The maximum Gasteiger partial charge on any atom is 0.416 e. The number of ether oxygens (including phenoxy) is 1. The molecule has 0 aliphatic carbocycles. The van der Waals surface area contributed by atoms with Crippen molar-refractivity contribution in [2.75, 3.05) is 37.8 Å². The van der Waals surface area contributed by atoms with Crippen LogP contribution in [-0.4, -0.2) is 54.6 Å². The first-order chi connectivity index (χ1) is 14.8. The Morgan fingerprint density at radius 2 is 1.90 bits per heavy atom. The third-order valence-electron chi connectivity index (χ3n) is 5.27. The van der Waals surface area contributed by atoms with Crippen LogP contribution in [0.25, 0.3) is 11.1 Å². The number of amides is 2. The van der Waals surface area contributed by atoms with E-state index in [1.54, 1.807) is 11.0 Å². The number of fused-ring (bicyclic) bond motifs is 1. The van der Waals surface area contributed by atoms with E-state index in [1.165, 1.54) is 17.2 Å². The van der Waals surface area contributed by atoms with E-state index >= 15 is 0 Å². The summed E-state index contributed by atoms with van der Waals surface area (Å²) in [7, 11) is 0. The summed E-state index contributed by atoms with van der Waals surface area (Å²) in [5.41, 5.74) is 0.407. The van der Waals surface area contributed by atoms with Gasteiger partial charge in [0.05, 0.1) is 23.4 Å². The van der Waals surface area contributed by atoms with E-state index in [1.807, 2.05) is 0 Å². The molecule has 4 rings (SSSR count). The fourth-order valence-electron chi connectivity index (χ4n) is 3.53. The normalized spacial score (nSPS) is 15.7. The zero-order valence-corrected chi connectivity index (χ0v) is 16.4. The van der Waals surface area contributed by atoms with E-state index in [4.69, 9.17) is 4.74 Å². The van der Waals surface area contributed by atoms with Crippen LogP contribution in [0.15, 0.2) is 30.5 Å². The van der Waals surface area contributed by atoms with Crippen molar-refractivity contribution in [1.82, 2.24) is 9.88 Å². The Bertz CT molecular complexity index is 1020. The monoisotopic (exact) mass is 437 g/mol. The molecule has 2 amide bonds. The smallest absolute Gasteiger partial charge is 0.416 e. The van der Waals surface area contributed by atoms with Gasteiger partial charge in [-0.3, -0.25) is 14.6 Å². The van der Waals surface area contributed by atoms with E-state index in [9.17, 15) is 27.2 Å². The highest BCUT2D eigenvalue weighted by Crippen LogP contribution is 2.37. The minimum absolute atomic E-state index is 0.0242. The van der Waals surface area contributed by atoms with Gasteiger partial charge in [-0.15, -0.1) is 0 Å². The molecule has 2 aliphatic rings. The Hall–Kier alpha value is -3.17. The van der Waals surface area contributed by atoms with Gasteiger partial charge in [0.15, 0.2) is 0 Å². The molecule has 31 heavy (non-hydrogen) atoms. The number of rotatable bonds is 6. The van der Waals surface area contributed by atoms with Crippen molar-refractivity contribution in [2.45, 2.75) is 19.0 Å². The molecule has 2 aliphatic heterocycles. The topological polar surface area (TPSA) is 62.7 Å². The zero-order valence-electron chi connectivity index (χ0n) is 16.4. The Morgan fingerprint density at radius 3 is 2.55 bits per heavy atom. The van der Waals surface area contributed by atoms with Crippen molar-refractivity contribution in [3.8, 4) is 16.9 Å². The largest absolute Gasteiger partial charge is 0.491 e. The summed E-state index contributed by atoms with van der Waals surface area (Å²) in [4.78, 5) is 31.9. The SMILES string of the molecule is O=C(CN1C(=O)Cc2ncc(-c3cc(OCCF)cc(C(F)(F)F)c3)cc21)N1CCC1. The lowest BCUT2D eigenvalue weighted by atomic mass is 10.0. The number of alkyl halides is 4. The molecule has 0 saturated carbocycles. The molecule has 3 heterocycles. The van der Waals surface area contributed by atoms with Crippen LogP contribution in [0.1, 0.15) is 17.7 Å². The highest BCUT2D eigenvalue weighted by molar-refractivity contribution is 6.05. The van der Waals surface area contributed by atoms with Gasteiger partial charge in [0.25, 0.3) is 0 Å². The fourth-order valence-corrected chi connectivity index (χ4v) is 3.53. The van der Waals surface area contributed by atoms with Gasteiger partial charge in [0.1, 0.15) is 25.6 Å². The molecule has 1 fully saturated rings. The van der Waals surface area contributed by atoms with Gasteiger partial charge >= 0.3 is 6.18 Å². The third kappa shape index (κ3) is 4.33. The molecule has 0 unspecified atom stereocenters. The highest BCUT2D eigenvalue weighted by atomic mass is 19.4. The molecular weight excluding hydrogens is 418 g/mol. The van der Waals surface area contributed by atoms with Crippen molar-refractivity contribution in [1.29, 1.82) is 0 Å². The van der Waals surface area contributed by atoms with Crippen molar-refractivity contribution in [3.63, 3.8) is 0 Å². The van der Waals surface area contributed by atoms with Crippen LogP contribution in [-0.2, 0) is 22.2 Å². The number of aromatic nitrogens is 1. The van der Waals surface area contributed by atoms with E-state index in [2.05, 4.69) is 4.98 Å². The average Bonchev–Trinajstić information content (AvgIpc) is 2.98. The number of nitrogens with zero attached hydrogens (tertiary/aromatic N) is 3. The summed E-state index contributed by atoms with van der Waals surface area (Å²) in [6.07, 6.45) is -2.30. The molecule has 0 spiro atoms. The van der Waals surface area contributed by atoms with Crippen LogP contribution in [0.2, 0.25) is 0 Å². The molecule has 1 aromatic carbocycles. The second kappa shape index (κ2) is 8.16. The summed E-state index contributed by atoms with van der Waals surface area (Å²) >= 11 is 0. The third-order valence-corrected chi connectivity index (χ3v) is 5.27. The van der Waals surface area contributed by atoms with Crippen molar-refractivity contribution < 1.29 is 31.9 Å². The van der Waals surface area contributed by atoms with Gasteiger partial charge in [0.2, 0.25) is 11.8 Å². The van der Waals surface area contributed by atoms with Gasteiger partial charge in [-0.2, -0.15) is 13.2 Å². The molecule has 0 radical (unpaired) electrons. The molecule has 1 saturated heterocycles. The van der Waals surface area contributed by atoms with Crippen LogP contribution < -0.4 is 9.64 Å². The molecular formula is C21H19F4N3O3. The van der Waals surface area contributed by atoms with Crippen LogP contribution >= 0.6 is 0 Å². The van der Waals surface area contributed by atoms with Gasteiger partial charge in [-0.1, -0.05) is 0 Å². The predicted octanol–water partition coefficient (Wildman–Crippen LogP) is 3.24. The molecule has 0 atom stereocenters. The Labute approximate surface area is 175 Å². The summed E-state index contributed by atoms with van der Waals surface area (Å²) in [5, 5.41) is 0. The molecule has 1 aromatic heterocycles. The van der Waals surface area contributed by atoms with E-state index < -0.39 is 18.4 Å². The van der Waals surface area contributed by atoms with Crippen LogP contribution in [0.4, 0.5) is 23.2 Å². The Balaban J connectivity index is 1.68. The van der Waals surface area contributed by atoms with Crippen molar-refractivity contribution in [2.24, 2.45) is 0 Å². The maximum absolute atomic E-state index is 13.3. The van der Waals surface area contributed by atoms with Gasteiger partial charge in [-0.25, -0.2) is 4.39 Å². The fraction of sp³-hybridized carbons (Fsp3) is 0.381. The van der Waals surface area contributed by atoms with Crippen molar-refractivity contribution >= 4 is 17.5 Å². The van der Waals surface area contributed by atoms with Crippen molar-refractivity contribution in [3.05, 3.63) is 41.7 Å². The number of carbonyl (C=O) groups is 2. The van der Waals surface area contributed by atoms with Gasteiger partial charge < -0.3 is 14.5 Å². The second-order valence-corrected chi connectivity index (χ2v) is 7.36. The lowest BCUT2D eigenvalue weighted by molar-refractivity contribution is -0.137. The number of likely N-dealkylation sites (tertiary alicyclic amines) is 1. The molecule has 2 aromatic rings. The van der Waals surface area contributed by atoms with Crippen LogP contribution in [0.3, 0.4) is 0 Å². The number of halogens is 4. The van der Waals surface area contributed by atoms with Crippen LogP contribution in [0, 0.1) is 0 Å². The molecule has 164 valence electrons. The van der Waals surface area contributed by atoms with E-state index in [0.717, 1.165) is 18.6 Å². The second-order valence-electron chi connectivity index (χ2n) is 7.36. The number of carbonyl (C=O) groups excluding carboxylic acids is 2. The molecule has 0 bridgehead atoms. The first kappa shape index (κ1) is 21.1. The highest BCUT2D eigenvalue weighted by Gasteiger charge is 2.34. The first-order valence-corrected chi connectivity index (χ1v) is 9.75.